The molecule has 1 fully saturated rings. The first-order chi connectivity index (χ1) is 13.9. The Morgan fingerprint density at radius 1 is 0.828 bits per heavy atom. The molecule has 0 bridgehead atoms. The van der Waals surface area contributed by atoms with Gasteiger partial charge in [-0.2, -0.15) is 0 Å². The highest BCUT2D eigenvalue weighted by Gasteiger charge is 2.25. The SMILES string of the molecule is O=c1oc2cc(O)c(O)cc2c2oc3cc(O)c(O)c(CN4CCCCC4)c3c12. The lowest BCUT2D eigenvalue weighted by atomic mass is 10.0. The fourth-order valence-corrected chi connectivity index (χ4v) is 4.17. The van der Waals surface area contributed by atoms with Crippen molar-refractivity contribution in [3.8, 4) is 23.0 Å². The summed E-state index contributed by atoms with van der Waals surface area (Å²) < 4.78 is 11.2. The zero-order chi connectivity index (χ0) is 20.3. The third-order valence-corrected chi connectivity index (χ3v) is 5.59. The van der Waals surface area contributed by atoms with Gasteiger partial charge < -0.3 is 29.3 Å². The second-order valence-corrected chi connectivity index (χ2v) is 7.47. The molecule has 5 rings (SSSR count). The number of phenolic OH excluding ortho intramolecular Hbond substituents is 4. The van der Waals surface area contributed by atoms with Crippen molar-refractivity contribution in [3.63, 3.8) is 0 Å². The van der Waals surface area contributed by atoms with Crippen LogP contribution in [0.2, 0.25) is 0 Å². The van der Waals surface area contributed by atoms with E-state index < -0.39 is 11.4 Å². The molecule has 1 aliphatic rings. The van der Waals surface area contributed by atoms with E-state index in [4.69, 9.17) is 8.83 Å². The van der Waals surface area contributed by atoms with E-state index >= 15 is 0 Å². The number of piperidine rings is 1. The number of hydrogen-bond acceptors (Lipinski definition) is 8. The monoisotopic (exact) mass is 397 g/mol. The van der Waals surface area contributed by atoms with Crippen molar-refractivity contribution in [1.82, 2.24) is 4.90 Å². The molecule has 1 aliphatic heterocycles. The lowest BCUT2D eigenvalue weighted by Gasteiger charge is -2.27. The van der Waals surface area contributed by atoms with Gasteiger partial charge in [-0.05, 0) is 32.0 Å². The van der Waals surface area contributed by atoms with Gasteiger partial charge in [0.05, 0.1) is 5.39 Å². The van der Waals surface area contributed by atoms with Gasteiger partial charge in [-0.15, -0.1) is 0 Å². The average Bonchev–Trinajstić information content (AvgIpc) is 3.08. The summed E-state index contributed by atoms with van der Waals surface area (Å²) in [6, 6.07) is 3.65. The van der Waals surface area contributed by atoms with Crippen molar-refractivity contribution in [2.75, 3.05) is 13.1 Å². The van der Waals surface area contributed by atoms with Gasteiger partial charge in [0.25, 0.3) is 0 Å². The molecule has 1 saturated heterocycles. The number of fused-ring (bicyclic) bond motifs is 5. The molecule has 0 atom stereocenters. The Hall–Kier alpha value is -3.39. The van der Waals surface area contributed by atoms with Gasteiger partial charge in [0.15, 0.2) is 28.6 Å². The first-order valence-electron chi connectivity index (χ1n) is 9.45. The molecule has 0 amide bonds. The van der Waals surface area contributed by atoms with Gasteiger partial charge >= 0.3 is 5.63 Å². The van der Waals surface area contributed by atoms with E-state index in [1.807, 2.05) is 0 Å². The maximum atomic E-state index is 12.8. The van der Waals surface area contributed by atoms with E-state index in [9.17, 15) is 25.2 Å². The summed E-state index contributed by atoms with van der Waals surface area (Å²) in [5.74, 6) is -1.43. The minimum absolute atomic E-state index is 0.0582. The first kappa shape index (κ1) is 17.7. The number of rotatable bonds is 2. The van der Waals surface area contributed by atoms with E-state index in [-0.39, 0.29) is 39.4 Å². The number of phenols is 4. The summed E-state index contributed by atoms with van der Waals surface area (Å²) in [5.41, 5.74) is 0.153. The van der Waals surface area contributed by atoms with Crippen molar-refractivity contribution in [3.05, 3.63) is 34.2 Å². The molecular weight excluding hydrogens is 378 g/mol. The summed E-state index contributed by atoms with van der Waals surface area (Å²) in [6.45, 7) is 2.07. The van der Waals surface area contributed by atoms with Gasteiger partial charge in [-0.1, -0.05) is 6.42 Å². The molecule has 2 aromatic carbocycles. The number of aromatic hydroxyl groups is 4. The van der Waals surface area contributed by atoms with Crippen molar-refractivity contribution >= 4 is 32.9 Å². The van der Waals surface area contributed by atoms with E-state index in [1.54, 1.807) is 0 Å². The van der Waals surface area contributed by atoms with Crippen LogP contribution in [0.5, 0.6) is 23.0 Å². The van der Waals surface area contributed by atoms with Crippen LogP contribution in [-0.2, 0) is 6.54 Å². The molecular formula is C21H19NO7. The molecule has 0 saturated carbocycles. The molecule has 29 heavy (non-hydrogen) atoms. The Morgan fingerprint density at radius 2 is 1.52 bits per heavy atom. The predicted octanol–water partition coefficient (Wildman–Crippen LogP) is 3.50. The molecule has 4 N–H and O–H groups in total. The van der Waals surface area contributed by atoms with Gasteiger partial charge in [-0.3, -0.25) is 4.90 Å². The van der Waals surface area contributed by atoms with Crippen LogP contribution in [0.25, 0.3) is 32.9 Å². The standard InChI is InChI=1S/C21H19NO7/c23-12-6-10-15(7-13(12)24)29-21(27)18-17-11(9-22-4-2-1-3-5-22)19(26)14(25)8-16(17)28-20(10)18/h6-8,23-26H,1-5,9H2. The van der Waals surface area contributed by atoms with Crippen molar-refractivity contribution in [2.24, 2.45) is 0 Å². The first-order valence-corrected chi connectivity index (χ1v) is 9.45. The van der Waals surface area contributed by atoms with E-state index in [1.165, 1.54) is 12.1 Å². The van der Waals surface area contributed by atoms with Gasteiger partial charge in [0.2, 0.25) is 0 Å². The van der Waals surface area contributed by atoms with Crippen LogP contribution in [0.1, 0.15) is 24.8 Å². The zero-order valence-electron chi connectivity index (χ0n) is 15.4. The highest BCUT2D eigenvalue weighted by atomic mass is 16.4. The van der Waals surface area contributed by atoms with E-state index in [0.717, 1.165) is 38.4 Å². The lowest BCUT2D eigenvalue weighted by Crippen LogP contribution is -2.29. The van der Waals surface area contributed by atoms with Crippen LogP contribution in [0.15, 0.2) is 31.8 Å². The van der Waals surface area contributed by atoms with Crippen LogP contribution in [0.4, 0.5) is 0 Å². The number of hydrogen-bond donors (Lipinski definition) is 4. The summed E-state index contributed by atoms with van der Waals surface area (Å²) >= 11 is 0. The number of likely N-dealkylation sites (tertiary alicyclic amines) is 1. The normalized spacial score (nSPS) is 15.6. The highest BCUT2D eigenvalue weighted by Crippen LogP contribution is 2.43. The van der Waals surface area contributed by atoms with Gasteiger partial charge in [0, 0.05) is 29.6 Å². The Kier molecular flexibility index (Phi) is 3.85. The van der Waals surface area contributed by atoms with Gasteiger partial charge in [0.1, 0.15) is 16.6 Å². The Balaban J connectivity index is 1.85. The lowest BCUT2D eigenvalue weighted by molar-refractivity contribution is 0.219. The van der Waals surface area contributed by atoms with Crippen LogP contribution < -0.4 is 5.63 Å². The number of nitrogens with zero attached hydrogens (tertiary/aromatic N) is 1. The van der Waals surface area contributed by atoms with Crippen LogP contribution in [0.3, 0.4) is 0 Å². The van der Waals surface area contributed by atoms with Crippen LogP contribution >= 0.6 is 0 Å². The predicted molar refractivity (Wildman–Crippen MR) is 106 cm³/mol. The van der Waals surface area contributed by atoms with Crippen molar-refractivity contribution in [1.29, 1.82) is 0 Å². The molecule has 2 aromatic heterocycles. The third kappa shape index (κ3) is 2.67. The molecule has 0 unspecified atom stereocenters. The Labute approximate surface area is 163 Å². The fourth-order valence-electron chi connectivity index (χ4n) is 4.17. The molecule has 3 heterocycles. The summed E-state index contributed by atoms with van der Waals surface area (Å²) in [5, 5.41) is 41.2. The second-order valence-electron chi connectivity index (χ2n) is 7.47. The second kappa shape index (κ2) is 6.31. The molecule has 8 heteroatoms. The minimum atomic E-state index is -0.693. The van der Waals surface area contributed by atoms with Crippen LogP contribution in [0, 0.1) is 0 Å². The summed E-state index contributed by atoms with van der Waals surface area (Å²) in [6.07, 6.45) is 3.24. The number of benzene rings is 2. The Morgan fingerprint density at radius 3 is 2.28 bits per heavy atom. The molecule has 4 aromatic rings. The highest BCUT2D eigenvalue weighted by molar-refractivity contribution is 6.15. The maximum absolute atomic E-state index is 12.8. The summed E-state index contributed by atoms with van der Waals surface area (Å²) in [7, 11) is 0. The number of furan rings is 1. The van der Waals surface area contributed by atoms with Crippen molar-refractivity contribution in [2.45, 2.75) is 25.8 Å². The molecule has 150 valence electrons. The molecule has 0 radical (unpaired) electrons. The van der Waals surface area contributed by atoms with E-state index in [0.29, 0.717) is 22.9 Å². The van der Waals surface area contributed by atoms with Crippen molar-refractivity contribution < 1.29 is 29.3 Å². The minimum Gasteiger partial charge on any atom is -0.504 e. The largest absolute Gasteiger partial charge is 0.504 e. The summed E-state index contributed by atoms with van der Waals surface area (Å²) in [4.78, 5) is 14.9. The fraction of sp³-hybridized carbons (Fsp3) is 0.286. The van der Waals surface area contributed by atoms with Crippen LogP contribution in [-0.4, -0.2) is 38.4 Å². The Bertz CT molecular complexity index is 1330. The van der Waals surface area contributed by atoms with E-state index in [2.05, 4.69) is 4.90 Å². The molecule has 0 spiro atoms. The maximum Gasteiger partial charge on any atom is 0.348 e. The molecule has 8 nitrogen and oxygen atoms in total. The quantitative estimate of drug-likeness (QED) is 0.299. The van der Waals surface area contributed by atoms with Gasteiger partial charge in [-0.25, -0.2) is 4.79 Å². The smallest absolute Gasteiger partial charge is 0.348 e. The third-order valence-electron chi connectivity index (χ3n) is 5.59. The average molecular weight is 397 g/mol. The molecule has 0 aliphatic carbocycles. The zero-order valence-corrected chi connectivity index (χ0v) is 15.4. The topological polar surface area (TPSA) is 128 Å².